The van der Waals surface area contributed by atoms with Crippen molar-refractivity contribution in [2.24, 2.45) is 0 Å². The third kappa shape index (κ3) is 14.3. The Kier molecular flexibility index (Phi) is 13.8. The van der Waals surface area contributed by atoms with E-state index in [0.717, 1.165) is 11.9 Å². The SMILES string of the molecule is CCCCCCCCCCCCCCCC(C)(C)[NH2+][O-]. The van der Waals surface area contributed by atoms with Crippen LogP contribution in [0.25, 0.3) is 0 Å². The summed E-state index contributed by atoms with van der Waals surface area (Å²) in [6, 6.07) is 0. The van der Waals surface area contributed by atoms with Gasteiger partial charge in [0.1, 0.15) is 0 Å². The first-order valence-corrected chi connectivity index (χ1v) is 9.09. The van der Waals surface area contributed by atoms with E-state index in [1.165, 1.54) is 83.5 Å². The highest BCUT2D eigenvalue weighted by Gasteiger charge is 2.15. The molecule has 2 N–H and O–H groups in total. The molecule has 0 aliphatic rings. The number of unbranched alkanes of at least 4 members (excludes halogenated alkanes) is 12. The highest BCUT2D eigenvalue weighted by atomic mass is 16.5. The van der Waals surface area contributed by atoms with Gasteiger partial charge in [-0.2, -0.15) is 0 Å². The number of nitrogens with two attached hydrogens (primary N) is 1. The molecule has 0 radical (unpaired) electrons. The second-order valence-electron chi connectivity index (χ2n) is 7.10. The summed E-state index contributed by atoms with van der Waals surface area (Å²) in [4.78, 5) is 0. The predicted octanol–water partition coefficient (Wildman–Crippen LogP) is 5.31. The lowest BCUT2D eigenvalue weighted by Crippen LogP contribution is -2.89. The van der Waals surface area contributed by atoms with Crippen LogP contribution in [0.15, 0.2) is 0 Å². The zero-order chi connectivity index (χ0) is 15.1. The van der Waals surface area contributed by atoms with E-state index in [2.05, 4.69) is 6.92 Å². The van der Waals surface area contributed by atoms with Crippen LogP contribution in [-0.4, -0.2) is 5.54 Å². The van der Waals surface area contributed by atoms with E-state index in [9.17, 15) is 5.21 Å². The summed E-state index contributed by atoms with van der Waals surface area (Å²) in [5, 5.41) is 10.8. The van der Waals surface area contributed by atoms with Crippen LogP contribution in [0.3, 0.4) is 0 Å². The number of hydrogen-bond donors (Lipinski definition) is 1. The summed E-state index contributed by atoms with van der Waals surface area (Å²) in [6.07, 6.45) is 19.1. The Balaban J connectivity index is 3.06. The summed E-state index contributed by atoms with van der Waals surface area (Å²) in [5.74, 6) is 0. The smallest absolute Gasteiger partial charge is 0.0901 e. The van der Waals surface area contributed by atoms with Gasteiger partial charge in [-0.25, -0.2) is 0 Å². The molecule has 0 fully saturated rings. The van der Waals surface area contributed by atoms with E-state index in [4.69, 9.17) is 0 Å². The molecule has 0 heterocycles. The van der Waals surface area contributed by atoms with Gasteiger partial charge in [-0.3, -0.25) is 0 Å². The molecule has 0 aromatic carbocycles. The molecule has 0 rings (SSSR count). The summed E-state index contributed by atoms with van der Waals surface area (Å²) < 4.78 is 0. The van der Waals surface area contributed by atoms with E-state index in [1.807, 2.05) is 13.8 Å². The molecule has 20 heavy (non-hydrogen) atoms. The highest BCUT2D eigenvalue weighted by Crippen LogP contribution is 2.14. The van der Waals surface area contributed by atoms with Gasteiger partial charge in [0.25, 0.3) is 0 Å². The molecule has 0 aliphatic heterocycles. The van der Waals surface area contributed by atoms with Crippen LogP contribution in [0.2, 0.25) is 0 Å². The normalized spacial score (nSPS) is 12.0. The van der Waals surface area contributed by atoms with Crippen molar-refractivity contribution in [1.29, 1.82) is 0 Å². The fraction of sp³-hybridized carbons (Fsp3) is 1.00. The molecule has 2 heteroatoms. The second kappa shape index (κ2) is 13.9. The van der Waals surface area contributed by atoms with Crippen LogP contribution in [-0.2, 0) is 0 Å². The predicted molar refractivity (Wildman–Crippen MR) is 89.7 cm³/mol. The second-order valence-corrected chi connectivity index (χ2v) is 7.10. The standard InChI is InChI=1S/C18H39NO/c1-4-5-6-7-8-9-10-11-12-13-14-15-16-17-18(2,3)19-20/h4-17,19H2,1-3H3. The minimum Gasteiger partial charge on any atom is -0.635 e. The van der Waals surface area contributed by atoms with Gasteiger partial charge in [0.05, 0.1) is 5.54 Å². The molecule has 0 unspecified atom stereocenters. The Bertz CT molecular complexity index is 192. The fourth-order valence-corrected chi connectivity index (χ4v) is 2.66. The van der Waals surface area contributed by atoms with E-state index < -0.39 is 0 Å². The average Bonchev–Trinajstić information content (AvgIpc) is 2.44. The molecule has 0 saturated heterocycles. The number of hydrogen-bond acceptors (Lipinski definition) is 1. The topological polar surface area (TPSA) is 39.7 Å². The first kappa shape index (κ1) is 19.9. The Morgan fingerprint density at radius 1 is 0.650 bits per heavy atom. The van der Waals surface area contributed by atoms with Gasteiger partial charge in [0.15, 0.2) is 0 Å². The van der Waals surface area contributed by atoms with Crippen molar-refractivity contribution >= 4 is 0 Å². The third-order valence-electron chi connectivity index (χ3n) is 4.24. The van der Waals surface area contributed by atoms with Gasteiger partial charge in [0.2, 0.25) is 0 Å². The maximum atomic E-state index is 10.8. The molecule has 0 aromatic heterocycles. The molecular weight excluding hydrogens is 246 g/mol. The summed E-state index contributed by atoms with van der Waals surface area (Å²) in [5.41, 5.74) is 1.01. The van der Waals surface area contributed by atoms with E-state index in [-0.39, 0.29) is 5.54 Å². The first-order chi connectivity index (χ1) is 9.62. The molecular formula is C18H39NO. The molecule has 0 atom stereocenters. The Labute approximate surface area is 127 Å². The zero-order valence-electron chi connectivity index (χ0n) is 14.4. The Morgan fingerprint density at radius 2 is 1.00 bits per heavy atom. The Morgan fingerprint density at radius 3 is 1.35 bits per heavy atom. The lowest BCUT2D eigenvalue weighted by molar-refractivity contribution is -0.663. The molecule has 0 amide bonds. The van der Waals surface area contributed by atoms with Crippen LogP contribution >= 0.6 is 0 Å². The van der Waals surface area contributed by atoms with E-state index >= 15 is 0 Å². The monoisotopic (exact) mass is 285 g/mol. The Hall–Kier alpha value is -0.0800. The molecule has 0 saturated carbocycles. The van der Waals surface area contributed by atoms with Crippen molar-refractivity contribution < 1.29 is 5.48 Å². The quantitative estimate of drug-likeness (QED) is 0.321. The largest absolute Gasteiger partial charge is 0.635 e. The summed E-state index contributed by atoms with van der Waals surface area (Å²) >= 11 is 0. The third-order valence-corrected chi connectivity index (χ3v) is 4.24. The van der Waals surface area contributed by atoms with Crippen molar-refractivity contribution in [2.45, 2.75) is 116 Å². The van der Waals surface area contributed by atoms with E-state index in [0.29, 0.717) is 0 Å². The van der Waals surface area contributed by atoms with Crippen LogP contribution in [0.1, 0.15) is 111 Å². The summed E-state index contributed by atoms with van der Waals surface area (Å²) in [6.45, 7) is 6.36. The molecule has 122 valence electrons. The number of quaternary nitrogens is 1. The maximum Gasteiger partial charge on any atom is 0.0901 e. The molecule has 0 spiro atoms. The van der Waals surface area contributed by atoms with Gasteiger partial charge >= 0.3 is 0 Å². The number of rotatable bonds is 15. The van der Waals surface area contributed by atoms with E-state index in [1.54, 1.807) is 0 Å². The number of hydroxylamine groups is 1. The van der Waals surface area contributed by atoms with Crippen LogP contribution in [0, 0.1) is 5.21 Å². The van der Waals surface area contributed by atoms with Gasteiger partial charge < -0.3 is 10.7 Å². The van der Waals surface area contributed by atoms with Crippen molar-refractivity contribution in [3.05, 3.63) is 5.21 Å². The van der Waals surface area contributed by atoms with Crippen LogP contribution < -0.4 is 5.48 Å². The molecule has 0 bridgehead atoms. The van der Waals surface area contributed by atoms with Crippen LogP contribution in [0.4, 0.5) is 0 Å². The maximum absolute atomic E-state index is 10.8. The van der Waals surface area contributed by atoms with Gasteiger partial charge in [-0.15, -0.1) is 0 Å². The van der Waals surface area contributed by atoms with Gasteiger partial charge in [-0.05, 0) is 20.3 Å². The van der Waals surface area contributed by atoms with Crippen molar-refractivity contribution in [3.63, 3.8) is 0 Å². The van der Waals surface area contributed by atoms with Gasteiger partial charge in [0, 0.05) is 6.42 Å². The van der Waals surface area contributed by atoms with Crippen molar-refractivity contribution in [1.82, 2.24) is 0 Å². The lowest BCUT2D eigenvalue weighted by Gasteiger charge is -2.24. The fourth-order valence-electron chi connectivity index (χ4n) is 2.66. The zero-order valence-corrected chi connectivity index (χ0v) is 14.4. The average molecular weight is 286 g/mol. The summed E-state index contributed by atoms with van der Waals surface area (Å²) in [7, 11) is 0. The lowest BCUT2D eigenvalue weighted by atomic mass is 9.97. The molecule has 0 aromatic rings. The minimum atomic E-state index is -0.0994. The van der Waals surface area contributed by atoms with Crippen LogP contribution in [0.5, 0.6) is 0 Å². The van der Waals surface area contributed by atoms with Gasteiger partial charge in [-0.1, -0.05) is 84.0 Å². The molecule has 0 aliphatic carbocycles. The molecule has 2 nitrogen and oxygen atoms in total. The highest BCUT2D eigenvalue weighted by molar-refractivity contribution is 4.64. The minimum absolute atomic E-state index is 0.0994. The first-order valence-electron chi connectivity index (χ1n) is 9.09. The van der Waals surface area contributed by atoms with Crippen molar-refractivity contribution in [2.75, 3.05) is 0 Å². The van der Waals surface area contributed by atoms with Crippen molar-refractivity contribution in [3.8, 4) is 0 Å².